The van der Waals surface area contributed by atoms with E-state index >= 15 is 0 Å². The Morgan fingerprint density at radius 3 is 2.38 bits per heavy atom. The molecule has 29 heavy (non-hydrogen) atoms. The SMILES string of the molecule is CCc1ccc(N2CC(CNC(=O)c3c(OC)cccc3OC)OCC2=O)cc1. The van der Waals surface area contributed by atoms with Crippen molar-refractivity contribution in [1.29, 1.82) is 0 Å². The summed E-state index contributed by atoms with van der Waals surface area (Å²) < 4.78 is 16.2. The summed E-state index contributed by atoms with van der Waals surface area (Å²) in [6.07, 6.45) is 0.626. The predicted octanol–water partition coefficient (Wildman–Crippen LogP) is 2.43. The molecule has 2 aromatic rings. The third-order valence-corrected chi connectivity index (χ3v) is 4.93. The summed E-state index contributed by atoms with van der Waals surface area (Å²) in [6, 6.07) is 13.1. The van der Waals surface area contributed by atoms with E-state index in [4.69, 9.17) is 14.2 Å². The highest BCUT2D eigenvalue weighted by molar-refractivity contribution is 6.00. The van der Waals surface area contributed by atoms with Crippen molar-refractivity contribution < 1.29 is 23.8 Å². The van der Waals surface area contributed by atoms with Crippen LogP contribution < -0.4 is 19.7 Å². The van der Waals surface area contributed by atoms with Crippen LogP contribution in [0.1, 0.15) is 22.8 Å². The van der Waals surface area contributed by atoms with Gasteiger partial charge < -0.3 is 24.4 Å². The zero-order valence-electron chi connectivity index (χ0n) is 16.9. The van der Waals surface area contributed by atoms with Crippen molar-refractivity contribution in [3.8, 4) is 11.5 Å². The molecule has 0 radical (unpaired) electrons. The summed E-state index contributed by atoms with van der Waals surface area (Å²) in [7, 11) is 3.01. The van der Waals surface area contributed by atoms with Crippen LogP contribution in [-0.4, -0.2) is 51.8 Å². The molecule has 1 N–H and O–H groups in total. The summed E-state index contributed by atoms with van der Waals surface area (Å²) in [4.78, 5) is 26.7. The van der Waals surface area contributed by atoms with Gasteiger partial charge in [0.05, 0.1) is 26.9 Å². The van der Waals surface area contributed by atoms with Gasteiger partial charge in [0, 0.05) is 12.2 Å². The molecule has 2 aromatic carbocycles. The van der Waals surface area contributed by atoms with Crippen molar-refractivity contribution in [3.05, 3.63) is 53.6 Å². The summed E-state index contributed by atoms with van der Waals surface area (Å²) in [5.41, 5.74) is 2.37. The Balaban J connectivity index is 1.66. The Morgan fingerprint density at radius 1 is 1.14 bits per heavy atom. The second kappa shape index (κ2) is 9.43. The number of morpholine rings is 1. The first-order valence-electron chi connectivity index (χ1n) is 9.57. The van der Waals surface area contributed by atoms with E-state index in [1.165, 1.54) is 19.8 Å². The van der Waals surface area contributed by atoms with Gasteiger partial charge in [-0.25, -0.2) is 0 Å². The molecule has 1 heterocycles. The number of benzene rings is 2. The maximum atomic E-state index is 12.7. The molecular formula is C22H26N2O5. The van der Waals surface area contributed by atoms with Crippen LogP contribution in [0.4, 0.5) is 5.69 Å². The van der Waals surface area contributed by atoms with E-state index in [1.807, 2.05) is 24.3 Å². The third kappa shape index (κ3) is 4.68. The normalized spacial score (nSPS) is 16.4. The quantitative estimate of drug-likeness (QED) is 0.775. The Labute approximate surface area is 170 Å². The fourth-order valence-corrected chi connectivity index (χ4v) is 3.28. The molecule has 1 saturated heterocycles. The number of ether oxygens (including phenoxy) is 3. The molecule has 0 saturated carbocycles. The van der Waals surface area contributed by atoms with E-state index in [2.05, 4.69) is 12.2 Å². The van der Waals surface area contributed by atoms with Crippen LogP contribution in [0, 0.1) is 0 Å². The predicted molar refractivity (Wildman–Crippen MR) is 110 cm³/mol. The highest BCUT2D eigenvalue weighted by atomic mass is 16.5. The lowest BCUT2D eigenvalue weighted by molar-refractivity contribution is -0.129. The number of hydrogen-bond acceptors (Lipinski definition) is 5. The fraction of sp³-hybridized carbons (Fsp3) is 0.364. The Kier molecular flexibility index (Phi) is 6.72. The van der Waals surface area contributed by atoms with Gasteiger partial charge in [0.25, 0.3) is 11.8 Å². The van der Waals surface area contributed by atoms with Crippen LogP contribution in [0.25, 0.3) is 0 Å². The molecular weight excluding hydrogens is 372 g/mol. The van der Waals surface area contributed by atoms with Gasteiger partial charge in [-0.1, -0.05) is 25.1 Å². The average Bonchev–Trinajstić information content (AvgIpc) is 2.77. The van der Waals surface area contributed by atoms with Crippen LogP contribution in [0.15, 0.2) is 42.5 Å². The molecule has 1 aliphatic rings. The summed E-state index contributed by atoms with van der Waals surface area (Å²) >= 11 is 0. The van der Waals surface area contributed by atoms with Gasteiger partial charge >= 0.3 is 0 Å². The number of methoxy groups -OCH3 is 2. The van der Waals surface area contributed by atoms with Crippen LogP contribution in [0.5, 0.6) is 11.5 Å². The molecule has 0 aliphatic carbocycles. The molecule has 2 amide bonds. The van der Waals surface area contributed by atoms with Gasteiger partial charge in [0.2, 0.25) is 0 Å². The molecule has 0 bridgehead atoms. The van der Waals surface area contributed by atoms with Gasteiger partial charge in [-0.2, -0.15) is 0 Å². The molecule has 154 valence electrons. The Hall–Kier alpha value is -3.06. The van der Waals surface area contributed by atoms with Gasteiger partial charge in [0.15, 0.2) is 0 Å². The third-order valence-electron chi connectivity index (χ3n) is 4.93. The smallest absolute Gasteiger partial charge is 0.258 e. The number of anilines is 1. The molecule has 1 fully saturated rings. The summed E-state index contributed by atoms with van der Waals surface area (Å²) in [6.45, 7) is 2.70. The van der Waals surface area contributed by atoms with Gasteiger partial charge in [-0.15, -0.1) is 0 Å². The second-order valence-electron chi connectivity index (χ2n) is 6.70. The molecule has 3 rings (SSSR count). The number of aryl methyl sites for hydroxylation is 1. The van der Waals surface area contributed by atoms with E-state index in [1.54, 1.807) is 23.1 Å². The monoisotopic (exact) mass is 398 g/mol. The van der Waals surface area contributed by atoms with Gasteiger partial charge in [0.1, 0.15) is 23.7 Å². The zero-order chi connectivity index (χ0) is 20.8. The molecule has 1 atom stereocenters. The first kappa shape index (κ1) is 20.7. The Morgan fingerprint density at radius 2 is 1.79 bits per heavy atom. The van der Waals surface area contributed by atoms with Gasteiger partial charge in [-0.05, 0) is 36.2 Å². The topological polar surface area (TPSA) is 77.1 Å². The highest BCUT2D eigenvalue weighted by Crippen LogP contribution is 2.28. The summed E-state index contributed by atoms with van der Waals surface area (Å²) in [5.74, 6) is 0.445. The molecule has 7 heteroatoms. The zero-order valence-corrected chi connectivity index (χ0v) is 16.9. The van der Waals surface area contributed by atoms with Crippen molar-refractivity contribution in [3.63, 3.8) is 0 Å². The van der Waals surface area contributed by atoms with Crippen molar-refractivity contribution in [2.45, 2.75) is 19.4 Å². The number of nitrogens with one attached hydrogen (secondary N) is 1. The number of hydrogen-bond donors (Lipinski definition) is 1. The maximum absolute atomic E-state index is 12.7. The van der Waals surface area contributed by atoms with Gasteiger partial charge in [-0.3, -0.25) is 9.59 Å². The summed E-state index contributed by atoms with van der Waals surface area (Å²) in [5, 5.41) is 2.86. The molecule has 7 nitrogen and oxygen atoms in total. The lowest BCUT2D eigenvalue weighted by Crippen LogP contribution is -2.50. The highest BCUT2D eigenvalue weighted by Gasteiger charge is 2.28. The van der Waals surface area contributed by atoms with Crippen LogP contribution >= 0.6 is 0 Å². The van der Waals surface area contributed by atoms with E-state index < -0.39 is 0 Å². The minimum absolute atomic E-state index is 0.0198. The molecule has 0 spiro atoms. The van der Waals surface area contributed by atoms with E-state index in [-0.39, 0.29) is 31.1 Å². The van der Waals surface area contributed by atoms with Crippen LogP contribution in [0.2, 0.25) is 0 Å². The maximum Gasteiger partial charge on any atom is 0.258 e. The lowest BCUT2D eigenvalue weighted by Gasteiger charge is -2.33. The van der Waals surface area contributed by atoms with E-state index in [0.29, 0.717) is 23.6 Å². The van der Waals surface area contributed by atoms with Crippen LogP contribution in [0.3, 0.4) is 0 Å². The Bertz CT molecular complexity index is 844. The number of carbonyl (C=O) groups is 2. The average molecular weight is 398 g/mol. The number of amides is 2. The van der Waals surface area contributed by atoms with Crippen LogP contribution in [-0.2, 0) is 16.0 Å². The first-order chi connectivity index (χ1) is 14.1. The largest absolute Gasteiger partial charge is 0.496 e. The molecule has 1 unspecified atom stereocenters. The van der Waals surface area contributed by atoms with E-state index in [0.717, 1.165) is 12.1 Å². The second-order valence-corrected chi connectivity index (χ2v) is 6.70. The standard InChI is InChI=1S/C22H26N2O5/c1-4-15-8-10-16(11-9-15)24-13-17(29-14-20(24)25)12-23-22(26)21-18(27-2)6-5-7-19(21)28-3/h5-11,17H,4,12-14H2,1-3H3,(H,23,26). The van der Waals surface area contributed by atoms with E-state index in [9.17, 15) is 9.59 Å². The number of nitrogens with zero attached hydrogens (tertiary/aromatic N) is 1. The first-order valence-corrected chi connectivity index (χ1v) is 9.57. The number of rotatable bonds is 7. The number of carbonyl (C=O) groups excluding carboxylic acids is 2. The van der Waals surface area contributed by atoms with Crippen molar-refractivity contribution in [2.24, 2.45) is 0 Å². The van der Waals surface area contributed by atoms with Crippen molar-refractivity contribution in [2.75, 3.05) is 38.8 Å². The minimum Gasteiger partial charge on any atom is -0.496 e. The van der Waals surface area contributed by atoms with Crippen molar-refractivity contribution >= 4 is 17.5 Å². The molecule has 0 aromatic heterocycles. The minimum atomic E-state index is -0.321. The lowest BCUT2D eigenvalue weighted by atomic mass is 10.1. The van der Waals surface area contributed by atoms with Crippen molar-refractivity contribution in [1.82, 2.24) is 5.32 Å². The molecule has 1 aliphatic heterocycles. The fourth-order valence-electron chi connectivity index (χ4n) is 3.28.